The summed E-state index contributed by atoms with van der Waals surface area (Å²) in [6.07, 6.45) is 6.30. The lowest BCUT2D eigenvalue weighted by molar-refractivity contribution is 0.173. The van der Waals surface area contributed by atoms with E-state index in [4.69, 9.17) is 14.2 Å². The molecule has 1 fully saturated rings. The van der Waals surface area contributed by atoms with Gasteiger partial charge in [0, 0.05) is 49.3 Å². The second-order valence-electron chi connectivity index (χ2n) is 10.1. The van der Waals surface area contributed by atoms with Gasteiger partial charge in [0.2, 0.25) is 6.79 Å². The predicted octanol–water partition coefficient (Wildman–Crippen LogP) is 4.22. The largest absolute Gasteiger partial charge is 0.492 e. The van der Waals surface area contributed by atoms with Gasteiger partial charge in [-0.2, -0.15) is 0 Å². The van der Waals surface area contributed by atoms with Gasteiger partial charge in [0.15, 0.2) is 11.5 Å². The number of benzene rings is 2. The number of rotatable bonds is 4. The number of likely N-dealkylation sites (tertiary alicyclic amines) is 1. The number of fused-ring (bicyclic) bond motifs is 5. The molecule has 3 aromatic rings. The molecule has 0 saturated carbocycles. The maximum absolute atomic E-state index is 6.25. The molecule has 7 rings (SSSR count). The zero-order chi connectivity index (χ0) is 22.5. The van der Waals surface area contributed by atoms with Crippen LogP contribution in [0.4, 0.5) is 5.69 Å². The molecule has 6 nitrogen and oxygen atoms in total. The first-order valence-corrected chi connectivity index (χ1v) is 12.3. The Hall–Kier alpha value is -3.25. The first-order chi connectivity index (χ1) is 16.8. The fourth-order valence-corrected chi connectivity index (χ4v) is 6.25. The molecule has 174 valence electrons. The van der Waals surface area contributed by atoms with Gasteiger partial charge in [0.1, 0.15) is 12.4 Å². The van der Waals surface area contributed by atoms with Crippen LogP contribution in [0.5, 0.6) is 17.2 Å². The Balaban J connectivity index is 1.10. The van der Waals surface area contributed by atoms with E-state index >= 15 is 0 Å². The van der Waals surface area contributed by atoms with E-state index in [1.165, 1.54) is 35.2 Å². The van der Waals surface area contributed by atoms with Gasteiger partial charge in [0.05, 0.1) is 5.41 Å². The molecular formula is C28H29N3O3. The lowest BCUT2D eigenvalue weighted by Gasteiger charge is -2.35. The topological polar surface area (TPSA) is 47.1 Å². The third kappa shape index (κ3) is 3.23. The zero-order valence-electron chi connectivity index (χ0n) is 19.3. The highest BCUT2D eigenvalue weighted by atomic mass is 16.7. The number of piperidine rings is 1. The van der Waals surface area contributed by atoms with Gasteiger partial charge in [0.25, 0.3) is 0 Å². The fourth-order valence-electron chi connectivity index (χ4n) is 6.25. The maximum Gasteiger partial charge on any atom is 0.231 e. The van der Waals surface area contributed by atoms with Crippen LogP contribution in [0.15, 0.2) is 60.9 Å². The summed E-state index contributed by atoms with van der Waals surface area (Å²) in [6, 6.07) is 17.3. The van der Waals surface area contributed by atoms with Crippen LogP contribution < -0.4 is 19.1 Å². The molecule has 0 amide bonds. The molecule has 5 heterocycles. The summed E-state index contributed by atoms with van der Waals surface area (Å²) in [5, 5.41) is 0. The highest BCUT2D eigenvalue weighted by Gasteiger charge is 2.50. The maximum atomic E-state index is 6.25. The Morgan fingerprint density at radius 2 is 1.76 bits per heavy atom. The number of pyridine rings is 1. The summed E-state index contributed by atoms with van der Waals surface area (Å²) in [5.41, 5.74) is 5.12. The van der Waals surface area contributed by atoms with Crippen molar-refractivity contribution in [3.05, 3.63) is 77.6 Å². The van der Waals surface area contributed by atoms with E-state index in [9.17, 15) is 0 Å². The summed E-state index contributed by atoms with van der Waals surface area (Å²) < 4.78 is 17.6. The van der Waals surface area contributed by atoms with E-state index in [1.807, 2.05) is 24.5 Å². The van der Waals surface area contributed by atoms with Gasteiger partial charge in [-0.3, -0.25) is 9.88 Å². The quantitative estimate of drug-likeness (QED) is 0.587. The van der Waals surface area contributed by atoms with Crippen LogP contribution in [0.25, 0.3) is 0 Å². The lowest BCUT2D eigenvalue weighted by atomic mass is 9.77. The summed E-state index contributed by atoms with van der Waals surface area (Å²) in [5.74, 6) is 3.26. The van der Waals surface area contributed by atoms with Gasteiger partial charge < -0.3 is 19.1 Å². The third-order valence-corrected chi connectivity index (χ3v) is 8.00. The van der Waals surface area contributed by atoms with Crippen LogP contribution in [0.2, 0.25) is 0 Å². The van der Waals surface area contributed by atoms with E-state index in [0.29, 0.717) is 12.5 Å². The number of para-hydroxylation sites is 1. The molecule has 0 radical (unpaired) electrons. The van der Waals surface area contributed by atoms with Gasteiger partial charge in [-0.25, -0.2) is 0 Å². The zero-order valence-corrected chi connectivity index (χ0v) is 19.3. The molecule has 0 N–H and O–H groups in total. The second kappa shape index (κ2) is 7.91. The number of nitrogens with zero attached hydrogens (tertiary/aromatic N) is 3. The van der Waals surface area contributed by atoms with Gasteiger partial charge in [-0.1, -0.05) is 24.3 Å². The Kier molecular flexibility index (Phi) is 4.69. The molecule has 6 heteroatoms. The predicted molar refractivity (Wildman–Crippen MR) is 130 cm³/mol. The minimum Gasteiger partial charge on any atom is -0.492 e. The van der Waals surface area contributed by atoms with Crippen molar-refractivity contribution in [2.45, 2.75) is 24.8 Å². The Labute approximate surface area is 200 Å². The van der Waals surface area contributed by atoms with Crippen LogP contribution in [0.3, 0.4) is 0 Å². The summed E-state index contributed by atoms with van der Waals surface area (Å²) >= 11 is 0. The van der Waals surface area contributed by atoms with Crippen LogP contribution in [-0.4, -0.2) is 49.5 Å². The molecular weight excluding hydrogens is 426 g/mol. The summed E-state index contributed by atoms with van der Waals surface area (Å²) in [4.78, 5) is 9.44. The highest BCUT2D eigenvalue weighted by molar-refractivity contribution is 5.70. The Morgan fingerprint density at radius 3 is 2.62 bits per heavy atom. The third-order valence-electron chi connectivity index (χ3n) is 8.00. The summed E-state index contributed by atoms with van der Waals surface area (Å²) in [6.45, 7) is 6.30. The molecule has 0 bridgehead atoms. The van der Waals surface area contributed by atoms with Crippen molar-refractivity contribution >= 4 is 5.69 Å². The van der Waals surface area contributed by atoms with Crippen LogP contribution in [0.1, 0.15) is 29.5 Å². The average molecular weight is 456 g/mol. The monoisotopic (exact) mass is 455 g/mol. The van der Waals surface area contributed by atoms with Gasteiger partial charge in [-0.15, -0.1) is 0 Å². The lowest BCUT2D eigenvalue weighted by Crippen LogP contribution is -2.41. The molecule has 1 atom stereocenters. The van der Waals surface area contributed by atoms with Crippen LogP contribution >= 0.6 is 0 Å². The Morgan fingerprint density at radius 1 is 0.912 bits per heavy atom. The summed E-state index contributed by atoms with van der Waals surface area (Å²) in [7, 11) is 0. The molecule has 1 unspecified atom stereocenters. The first kappa shape index (κ1) is 20.2. The van der Waals surface area contributed by atoms with Crippen molar-refractivity contribution in [2.24, 2.45) is 5.92 Å². The first-order valence-electron chi connectivity index (χ1n) is 12.3. The molecule has 4 aliphatic heterocycles. The van der Waals surface area contributed by atoms with Crippen molar-refractivity contribution in [3.8, 4) is 17.2 Å². The number of hydrogen-bond acceptors (Lipinski definition) is 6. The van der Waals surface area contributed by atoms with E-state index in [0.717, 1.165) is 50.0 Å². The van der Waals surface area contributed by atoms with E-state index in [-0.39, 0.29) is 12.2 Å². The molecule has 1 aromatic heterocycles. The van der Waals surface area contributed by atoms with E-state index in [1.54, 1.807) is 0 Å². The number of anilines is 1. The smallest absolute Gasteiger partial charge is 0.231 e. The van der Waals surface area contributed by atoms with Gasteiger partial charge in [-0.05, 0) is 61.2 Å². The van der Waals surface area contributed by atoms with Crippen LogP contribution in [-0.2, 0) is 12.0 Å². The molecule has 1 saturated heterocycles. The molecule has 34 heavy (non-hydrogen) atoms. The van der Waals surface area contributed by atoms with Crippen molar-refractivity contribution in [1.82, 2.24) is 9.88 Å². The number of aromatic nitrogens is 1. The minimum absolute atomic E-state index is 0.145. The fraction of sp³-hybridized carbons (Fsp3) is 0.393. The molecule has 1 spiro atoms. The second-order valence-corrected chi connectivity index (χ2v) is 10.1. The van der Waals surface area contributed by atoms with E-state index < -0.39 is 0 Å². The van der Waals surface area contributed by atoms with E-state index in [2.05, 4.69) is 51.2 Å². The minimum atomic E-state index is -0.145. The molecule has 2 aromatic carbocycles. The van der Waals surface area contributed by atoms with Crippen molar-refractivity contribution in [3.63, 3.8) is 0 Å². The number of ether oxygens (including phenoxy) is 3. The van der Waals surface area contributed by atoms with Crippen molar-refractivity contribution in [2.75, 3.05) is 44.5 Å². The van der Waals surface area contributed by atoms with Crippen molar-refractivity contribution < 1.29 is 14.2 Å². The Bertz CT molecular complexity index is 1210. The normalized spacial score (nSPS) is 23.2. The number of hydrogen-bond donors (Lipinski definition) is 0. The molecule has 0 aliphatic carbocycles. The highest BCUT2D eigenvalue weighted by Crippen LogP contribution is 2.54. The van der Waals surface area contributed by atoms with Crippen molar-refractivity contribution in [1.29, 1.82) is 0 Å². The SMILES string of the molecule is c1cncc(CN2CCC(CN3CC4(COc5cc6c(cc54)OCO6)c4ccccc43)CC2)c1. The molecule has 4 aliphatic rings. The van der Waals surface area contributed by atoms with Gasteiger partial charge >= 0.3 is 0 Å². The standard InChI is InChI=1S/C28H29N3O3/c1-2-6-24-22(5-1)28(18-32-25-13-27-26(12-23(25)28)33-19-34-27)17-31(24)16-20-7-10-30(11-8-20)15-21-4-3-9-29-14-21/h1-6,9,12-14,20H,7-8,10-11,15-19H2. The van der Waals surface area contributed by atoms with Crippen LogP contribution in [0, 0.1) is 5.92 Å². The average Bonchev–Trinajstić information content (AvgIpc) is 3.57.